The van der Waals surface area contributed by atoms with Gasteiger partial charge in [-0.1, -0.05) is 152 Å². The molecule has 1 aromatic rings. The second kappa shape index (κ2) is 36.4. The molecule has 2 unspecified atom stereocenters. The Morgan fingerprint density at radius 1 is 0.768 bits per heavy atom. The molecule has 19 nitrogen and oxygen atoms in total. The van der Waals surface area contributed by atoms with Gasteiger partial charge >= 0.3 is 33.3 Å². The first kappa shape index (κ1) is 61.5. The molecular formula is C48H79N3O16P2. The molecular weight excluding hydrogens is 936 g/mol. The van der Waals surface area contributed by atoms with Crippen LogP contribution in [0.25, 0.3) is 0 Å². The van der Waals surface area contributed by atoms with Crippen LogP contribution in [0.3, 0.4) is 0 Å². The van der Waals surface area contributed by atoms with Crippen LogP contribution in [-0.4, -0.2) is 96.9 Å². The van der Waals surface area contributed by atoms with Gasteiger partial charge in [0.15, 0.2) is 12.3 Å². The smallest absolute Gasteiger partial charge is 0.462 e. The number of nitrogens with two attached hydrogens (primary N) is 1. The van der Waals surface area contributed by atoms with Gasteiger partial charge in [0.1, 0.15) is 30.7 Å². The van der Waals surface area contributed by atoms with Crippen molar-refractivity contribution in [1.29, 1.82) is 0 Å². The summed E-state index contributed by atoms with van der Waals surface area (Å²) in [6.45, 7) is 1.75. The monoisotopic (exact) mass is 1020 g/mol. The second-order valence-corrected chi connectivity index (χ2v) is 19.8. The number of nitrogen functional groups attached to an aromatic ring is 1. The highest BCUT2D eigenvalue weighted by atomic mass is 31.3. The average molecular weight is 1020 g/mol. The second-order valence-electron chi connectivity index (χ2n) is 16.8. The molecule has 1 aliphatic heterocycles. The molecule has 0 saturated carbocycles. The quantitative estimate of drug-likeness (QED) is 0.0118. The number of hydrogen-bond acceptors (Lipinski definition) is 16. The number of phosphoric ester groups is 2. The fourth-order valence-corrected chi connectivity index (χ4v) is 8.94. The van der Waals surface area contributed by atoms with Gasteiger partial charge in [-0.2, -0.15) is 9.29 Å². The van der Waals surface area contributed by atoms with Crippen molar-refractivity contribution < 1.29 is 71.4 Å². The lowest BCUT2D eigenvalue weighted by Gasteiger charge is -2.21. The Morgan fingerprint density at radius 3 is 1.94 bits per heavy atom. The molecule has 0 aliphatic carbocycles. The number of esters is 2. The van der Waals surface area contributed by atoms with Crippen LogP contribution < -0.4 is 11.4 Å². The Balaban J connectivity index is 1.84. The Labute approximate surface area is 407 Å². The first-order valence-corrected chi connectivity index (χ1v) is 27.4. The number of carbonyl (C=O) groups excluding carboxylic acids is 2. The minimum atomic E-state index is -5.44. The van der Waals surface area contributed by atoms with E-state index in [1.54, 1.807) is 6.08 Å². The molecule has 2 heterocycles. The number of allylic oxidation sites excluding steroid dienone is 9. The van der Waals surface area contributed by atoms with Gasteiger partial charge in [-0.15, -0.1) is 0 Å². The van der Waals surface area contributed by atoms with Gasteiger partial charge in [-0.05, 0) is 51.0 Å². The van der Waals surface area contributed by atoms with E-state index in [9.17, 15) is 48.6 Å². The van der Waals surface area contributed by atoms with Crippen LogP contribution in [0.2, 0.25) is 0 Å². The fraction of sp³-hybridized carbons (Fsp3) is 0.667. The molecule has 0 aromatic carbocycles. The number of rotatable bonds is 39. The molecule has 0 bridgehead atoms. The van der Waals surface area contributed by atoms with Gasteiger partial charge in [0.25, 0.3) is 0 Å². The van der Waals surface area contributed by atoms with Crippen molar-refractivity contribution in [3.05, 3.63) is 83.5 Å². The van der Waals surface area contributed by atoms with Crippen molar-refractivity contribution in [2.45, 2.75) is 185 Å². The lowest BCUT2D eigenvalue weighted by molar-refractivity contribution is -0.161. The largest absolute Gasteiger partial charge is 0.481 e. The van der Waals surface area contributed by atoms with E-state index in [0.717, 1.165) is 55.7 Å². The zero-order valence-corrected chi connectivity index (χ0v) is 42.2. The maximum absolute atomic E-state index is 12.8. The lowest BCUT2D eigenvalue weighted by Crippen LogP contribution is -2.36. The molecule has 2 rings (SSSR count). The Morgan fingerprint density at radius 2 is 1.33 bits per heavy atom. The number of ether oxygens (including phenoxy) is 3. The zero-order valence-electron chi connectivity index (χ0n) is 40.5. The molecule has 1 aliphatic rings. The van der Waals surface area contributed by atoms with Gasteiger partial charge < -0.3 is 45.1 Å². The molecule has 392 valence electrons. The predicted molar refractivity (Wildman–Crippen MR) is 262 cm³/mol. The predicted octanol–water partition coefficient (Wildman–Crippen LogP) is 8.52. The summed E-state index contributed by atoms with van der Waals surface area (Å²) in [5, 5.41) is 30.4. The number of aromatic nitrogens is 2. The summed E-state index contributed by atoms with van der Waals surface area (Å²) in [6, 6.07) is 1.24. The SMILES string of the molecule is CCCCCCCCCCCCCCCC(=O)O[C@H](COC(=O)CCC/C=C\C/C=C\C/C=C\C/C=C\C=C\[C@@H](O)CC)COP(=O)(O)OP(=O)(O)OC[C@H]1O[C@@H](n2ccc(N)nc2=O)[C@H](O)[C@@H]1O. The first-order chi connectivity index (χ1) is 33.1. The van der Waals surface area contributed by atoms with E-state index in [-0.39, 0.29) is 18.7 Å². The van der Waals surface area contributed by atoms with E-state index in [4.69, 9.17) is 29.0 Å². The fourth-order valence-electron chi connectivity index (χ4n) is 6.83. The van der Waals surface area contributed by atoms with Crippen LogP contribution in [0, 0.1) is 0 Å². The van der Waals surface area contributed by atoms with Crippen LogP contribution in [0.4, 0.5) is 5.82 Å². The number of unbranched alkanes of at least 4 members (excludes halogenated alkanes) is 13. The minimum absolute atomic E-state index is 0.0312. The molecule has 0 spiro atoms. The van der Waals surface area contributed by atoms with Gasteiger partial charge in [0.2, 0.25) is 0 Å². The third-order valence-corrected chi connectivity index (χ3v) is 13.4. The number of hydrogen-bond donors (Lipinski definition) is 6. The Hall–Kier alpha value is -3.58. The van der Waals surface area contributed by atoms with Gasteiger partial charge in [0, 0.05) is 19.0 Å². The highest BCUT2D eigenvalue weighted by Crippen LogP contribution is 2.60. The average Bonchev–Trinajstić information content (AvgIpc) is 3.58. The highest BCUT2D eigenvalue weighted by Gasteiger charge is 2.46. The van der Waals surface area contributed by atoms with Crippen molar-refractivity contribution in [3.8, 4) is 0 Å². The van der Waals surface area contributed by atoms with Crippen LogP contribution >= 0.6 is 15.6 Å². The lowest BCUT2D eigenvalue weighted by atomic mass is 10.0. The number of carbonyl (C=O) groups is 2. The normalized spacial score (nSPS) is 20.3. The van der Waals surface area contributed by atoms with E-state index < -0.39 is 89.8 Å². The van der Waals surface area contributed by atoms with Gasteiger partial charge in [-0.3, -0.25) is 23.2 Å². The molecule has 21 heteroatoms. The Bertz CT molecular complexity index is 1910. The maximum atomic E-state index is 12.8. The third kappa shape index (κ3) is 29.4. The summed E-state index contributed by atoms with van der Waals surface area (Å²) in [5.41, 5.74) is 4.57. The van der Waals surface area contributed by atoms with E-state index in [2.05, 4.69) is 34.4 Å². The number of phosphoric acid groups is 2. The summed E-state index contributed by atoms with van der Waals surface area (Å²) in [7, 11) is -10.9. The number of nitrogens with zero attached hydrogens (tertiary/aromatic N) is 2. The van der Waals surface area contributed by atoms with Crippen molar-refractivity contribution in [3.63, 3.8) is 0 Å². The van der Waals surface area contributed by atoms with Crippen LogP contribution in [0.1, 0.15) is 155 Å². The van der Waals surface area contributed by atoms with E-state index in [0.29, 0.717) is 25.7 Å². The van der Waals surface area contributed by atoms with Gasteiger partial charge in [-0.25, -0.2) is 13.9 Å². The summed E-state index contributed by atoms with van der Waals surface area (Å²) < 4.78 is 56.6. The molecule has 69 heavy (non-hydrogen) atoms. The van der Waals surface area contributed by atoms with Gasteiger partial charge in [0.05, 0.1) is 19.3 Å². The molecule has 8 atom stereocenters. The number of aliphatic hydroxyl groups is 3. The van der Waals surface area contributed by atoms with Crippen molar-refractivity contribution in [1.82, 2.24) is 9.55 Å². The number of aliphatic hydroxyl groups excluding tert-OH is 3. The molecule has 0 amide bonds. The van der Waals surface area contributed by atoms with E-state index in [1.807, 2.05) is 43.4 Å². The summed E-state index contributed by atoms with van der Waals surface area (Å²) in [4.78, 5) is 61.8. The standard InChI is InChI=1S/C48H79N3O16P2/c1-3-5-6-7-8-9-10-13-18-21-24-27-30-33-44(54)65-40(36-62-43(53)32-29-26-23-20-17-15-12-11-14-16-19-22-25-28-31-39(52)4-2)37-63-68(58,59)67-69(60,61)64-38-41-45(55)46(56)47(66-41)51-35-34-42(49)50-48(51)57/h12,14-16,20,22-23,25,28,31,34-35,39-41,45-47,52,55-56H,3-11,13,17-19,21,24,26-27,29-30,32-33,36-38H2,1-2H3,(H,58,59)(H,60,61)(H2,49,50,57)/b15-12-,16-14-,23-20-,25-22-,31-28+/t39-,40+,41+,45+,46+,47+/m0/s1. The Kier molecular flexibility index (Phi) is 32.4. The van der Waals surface area contributed by atoms with Crippen molar-refractivity contribution in [2.24, 2.45) is 0 Å². The van der Waals surface area contributed by atoms with Crippen molar-refractivity contribution >= 4 is 33.4 Å². The summed E-state index contributed by atoms with van der Waals surface area (Å²) in [6.07, 6.45) is 31.2. The molecule has 1 saturated heterocycles. The summed E-state index contributed by atoms with van der Waals surface area (Å²) >= 11 is 0. The zero-order chi connectivity index (χ0) is 50.8. The van der Waals surface area contributed by atoms with Crippen LogP contribution in [0.15, 0.2) is 77.8 Å². The minimum Gasteiger partial charge on any atom is -0.462 e. The van der Waals surface area contributed by atoms with E-state index >= 15 is 0 Å². The maximum Gasteiger partial charge on any atom is 0.481 e. The van der Waals surface area contributed by atoms with Crippen LogP contribution in [-0.2, 0) is 46.3 Å². The van der Waals surface area contributed by atoms with E-state index in [1.165, 1.54) is 57.4 Å². The first-order valence-electron chi connectivity index (χ1n) is 24.4. The molecule has 1 aromatic heterocycles. The van der Waals surface area contributed by atoms with Crippen molar-refractivity contribution in [2.75, 3.05) is 25.6 Å². The third-order valence-electron chi connectivity index (χ3n) is 10.8. The topological polar surface area (TPSA) is 286 Å². The summed E-state index contributed by atoms with van der Waals surface area (Å²) in [5.74, 6) is -1.39. The molecule has 0 radical (unpaired) electrons. The molecule has 1 fully saturated rings. The number of anilines is 1. The highest BCUT2D eigenvalue weighted by molar-refractivity contribution is 7.61. The van der Waals surface area contributed by atoms with Crippen LogP contribution in [0.5, 0.6) is 0 Å². The molecule has 7 N–H and O–H groups in total.